The third kappa shape index (κ3) is 4.91. The number of methoxy groups -OCH3 is 1. The van der Waals surface area contributed by atoms with Crippen molar-refractivity contribution in [2.45, 2.75) is 57.5 Å². The minimum Gasteiger partial charge on any atom is -0.497 e. The van der Waals surface area contributed by atoms with Crippen molar-refractivity contribution in [1.29, 1.82) is 0 Å². The van der Waals surface area contributed by atoms with Crippen molar-refractivity contribution in [2.75, 3.05) is 38.2 Å². The van der Waals surface area contributed by atoms with Crippen molar-refractivity contribution in [1.82, 2.24) is 10.2 Å². The van der Waals surface area contributed by atoms with Crippen LogP contribution < -0.4 is 15.0 Å². The van der Waals surface area contributed by atoms with Gasteiger partial charge in [0, 0.05) is 37.9 Å². The standard InChI is InChI=1S/C21H33N3O2/c1-17(21(25)22-18-7-5-3-4-6-8-18)23-13-15-24(16-14-23)19-9-11-20(26-2)12-10-19/h9-12,17-18H,3-8,13-16H2,1-2H3,(H,22,25)/t17-/m1/s1. The van der Waals surface area contributed by atoms with Crippen LogP contribution in [0, 0.1) is 0 Å². The fourth-order valence-corrected chi connectivity index (χ4v) is 4.07. The summed E-state index contributed by atoms with van der Waals surface area (Å²) in [4.78, 5) is 17.4. The zero-order chi connectivity index (χ0) is 18.4. The zero-order valence-electron chi connectivity index (χ0n) is 16.2. The second-order valence-electron chi connectivity index (χ2n) is 7.59. The number of nitrogens with one attached hydrogen (secondary N) is 1. The quantitative estimate of drug-likeness (QED) is 0.821. The Kier molecular flexibility index (Phi) is 6.78. The number of benzene rings is 1. The van der Waals surface area contributed by atoms with Gasteiger partial charge in [0.15, 0.2) is 0 Å². The first kappa shape index (κ1) is 19.0. The van der Waals surface area contributed by atoms with Gasteiger partial charge in [-0.3, -0.25) is 9.69 Å². The van der Waals surface area contributed by atoms with Crippen molar-refractivity contribution < 1.29 is 9.53 Å². The number of hydrogen-bond donors (Lipinski definition) is 1. The molecule has 26 heavy (non-hydrogen) atoms. The van der Waals surface area contributed by atoms with Gasteiger partial charge in [0.05, 0.1) is 13.2 Å². The summed E-state index contributed by atoms with van der Waals surface area (Å²) in [5.74, 6) is 1.09. The topological polar surface area (TPSA) is 44.8 Å². The molecule has 1 atom stereocenters. The van der Waals surface area contributed by atoms with E-state index in [0.717, 1.165) is 44.8 Å². The van der Waals surface area contributed by atoms with Gasteiger partial charge in [0.25, 0.3) is 0 Å². The minimum absolute atomic E-state index is 0.0451. The van der Waals surface area contributed by atoms with Crippen molar-refractivity contribution in [3.8, 4) is 5.75 Å². The van der Waals surface area contributed by atoms with Gasteiger partial charge in [0.2, 0.25) is 5.91 Å². The SMILES string of the molecule is COc1ccc(N2CCN([C@H](C)C(=O)NC3CCCCCC3)CC2)cc1. The molecule has 3 rings (SSSR count). The molecule has 0 unspecified atom stereocenters. The molecule has 1 saturated heterocycles. The molecule has 1 amide bonds. The summed E-state index contributed by atoms with van der Waals surface area (Å²) in [5, 5.41) is 3.30. The van der Waals surface area contributed by atoms with Gasteiger partial charge in [-0.2, -0.15) is 0 Å². The highest BCUT2D eigenvalue weighted by Gasteiger charge is 2.27. The molecule has 0 aromatic heterocycles. The maximum absolute atomic E-state index is 12.7. The van der Waals surface area contributed by atoms with Crippen LogP contribution in [0.5, 0.6) is 5.75 Å². The first-order chi connectivity index (χ1) is 12.7. The monoisotopic (exact) mass is 359 g/mol. The number of piperazine rings is 1. The second-order valence-corrected chi connectivity index (χ2v) is 7.59. The summed E-state index contributed by atoms with van der Waals surface area (Å²) in [6, 6.07) is 8.56. The molecule has 2 aliphatic rings. The molecule has 0 spiro atoms. The molecule has 5 heteroatoms. The lowest BCUT2D eigenvalue weighted by Gasteiger charge is -2.39. The van der Waals surface area contributed by atoms with Gasteiger partial charge in [0.1, 0.15) is 5.75 Å². The number of anilines is 1. The number of ether oxygens (including phenoxy) is 1. The highest BCUT2D eigenvalue weighted by Crippen LogP contribution is 2.21. The molecule has 2 fully saturated rings. The van der Waals surface area contributed by atoms with Crippen LogP contribution in [-0.4, -0.2) is 56.2 Å². The van der Waals surface area contributed by atoms with Gasteiger partial charge in [-0.15, -0.1) is 0 Å². The fourth-order valence-electron chi connectivity index (χ4n) is 4.07. The molecular weight excluding hydrogens is 326 g/mol. The summed E-state index contributed by atoms with van der Waals surface area (Å²) in [7, 11) is 1.69. The predicted octanol–water partition coefficient (Wildman–Crippen LogP) is 3.04. The van der Waals surface area contributed by atoms with Gasteiger partial charge in [-0.1, -0.05) is 25.7 Å². The Labute approximate surface area is 157 Å². The summed E-state index contributed by atoms with van der Waals surface area (Å²) in [6.45, 7) is 5.80. The largest absolute Gasteiger partial charge is 0.497 e. The van der Waals surface area contributed by atoms with Crippen molar-refractivity contribution >= 4 is 11.6 Å². The first-order valence-corrected chi connectivity index (χ1v) is 10.1. The smallest absolute Gasteiger partial charge is 0.237 e. The van der Waals surface area contributed by atoms with Crippen molar-refractivity contribution in [3.63, 3.8) is 0 Å². The van der Waals surface area contributed by atoms with Crippen LogP contribution >= 0.6 is 0 Å². The molecule has 0 radical (unpaired) electrons. The van der Waals surface area contributed by atoms with E-state index in [0.29, 0.717) is 6.04 Å². The molecule has 1 saturated carbocycles. The van der Waals surface area contributed by atoms with Crippen LogP contribution in [0.2, 0.25) is 0 Å². The van der Waals surface area contributed by atoms with Crippen LogP contribution in [0.3, 0.4) is 0 Å². The van der Waals surface area contributed by atoms with E-state index in [1.807, 2.05) is 12.1 Å². The Balaban J connectivity index is 1.47. The van der Waals surface area contributed by atoms with Crippen molar-refractivity contribution in [2.24, 2.45) is 0 Å². The molecule has 1 aromatic rings. The molecule has 1 N–H and O–H groups in total. The Bertz CT molecular complexity index is 559. The van der Waals surface area contributed by atoms with Crippen LogP contribution in [0.4, 0.5) is 5.69 Å². The fraction of sp³-hybridized carbons (Fsp3) is 0.667. The first-order valence-electron chi connectivity index (χ1n) is 10.1. The van der Waals surface area contributed by atoms with Crippen LogP contribution in [0.1, 0.15) is 45.4 Å². The molecule has 5 nitrogen and oxygen atoms in total. The Morgan fingerprint density at radius 2 is 1.65 bits per heavy atom. The minimum atomic E-state index is -0.0451. The van der Waals surface area contributed by atoms with Crippen LogP contribution in [-0.2, 0) is 4.79 Å². The average molecular weight is 360 g/mol. The number of carbonyl (C=O) groups is 1. The highest BCUT2D eigenvalue weighted by atomic mass is 16.5. The van der Waals surface area contributed by atoms with E-state index < -0.39 is 0 Å². The third-order valence-corrected chi connectivity index (χ3v) is 5.88. The predicted molar refractivity (Wildman–Crippen MR) is 106 cm³/mol. The van der Waals surface area contributed by atoms with E-state index in [1.54, 1.807) is 7.11 Å². The van der Waals surface area contributed by atoms with Gasteiger partial charge in [-0.05, 0) is 44.0 Å². The van der Waals surface area contributed by atoms with Gasteiger partial charge in [-0.25, -0.2) is 0 Å². The van der Waals surface area contributed by atoms with Gasteiger partial charge >= 0.3 is 0 Å². The number of amides is 1. The Hall–Kier alpha value is -1.75. The molecule has 0 bridgehead atoms. The van der Waals surface area contributed by atoms with Crippen molar-refractivity contribution in [3.05, 3.63) is 24.3 Å². The summed E-state index contributed by atoms with van der Waals surface area (Å²) in [5.41, 5.74) is 1.22. The number of carbonyl (C=O) groups excluding carboxylic acids is 1. The molecule has 1 heterocycles. The van der Waals surface area contributed by atoms with E-state index >= 15 is 0 Å². The molecule has 1 aliphatic carbocycles. The number of nitrogens with zero attached hydrogens (tertiary/aromatic N) is 2. The number of rotatable bonds is 5. The number of hydrogen-bond acceptors (Lipinski definition) is 4. The lowest BCUT2D eigenvalue weighted by atomic mass is 10.1. The van der Waals surface area contributed by atoms with E-state index in [2.05, 4.69) is 34.2 Å². The molecular formula is C21H33N3O2. The normalized spacial score (nSPS) is 21.1. The molecule has 1 aliphatic heterocycles. The van der Waals surface area contributed by atoms with Gasteiger partial charge < -0.3 is 15.0 Å². The van der Waals surface area contributed by atoms with E-state index in [1.165, 1.54) is 31.4 Å². The van der Waals surface area contributed by atoms with Crippen LogP contribution in [0.25, 0.3) is 0 Å². The average Bonchev–Trinajstić information content (AvgIpc) is 2.96. The Morgan fingerprint density at radius 1 is 1.04 bits per heavy atom. The summed E-state index contributed by atoms with van der Waals surface area (Å²) < 4.78 is 5.23. The van der Waals surface area contributed by atoms with E-state index in [9.17, 15) is 4.79 Å². The van der Waals surface area contributed by atoms with Crippen LogP contribution in [0.15, 0.2) is 24.3 Å². The Morgan fingerprint density at radius 3 is 2.23 bits per heavy atom. The molecule has 144 valence electrons. The zero-order valence-corrected chi connectivity index (χ0v) is 16.2. The lowest BCUT2D eigenvalue weighted by molar-refractivity contribution is -0.126. The van der Waals surface area contributed by atoms with E-state index in [-0.39, 0.29) is 11.9 Å². The lowest BCUT2D eigenvalue weighted by Crippen LogP contribution is -2.55. The maximum atomic E-state index is 12.7. The summed E-state index contributed by atoms with van der Waals surface area (Å²) >= 11 is 0. The third-order valence-electron chi connectivity index (χ3n) is 5.88. The maximum Gasteiger partial charge on any atom is 0.237 e. The summed E-state index contributed by atoms with van der Waals surface area (Å²) in [6.07, 6.45) is 7.41. The molecule has 1 aromatic carbocycles. The highest BCUT2D eigenvalue weighted by molar-refractivity contribution is 5.81. The van der Waals surface area contributed by atoms with E-state index in [4.69, 9.17) is 4.74 Å². The second kappa shape index (κ2) is 9.26.